The number of carbonyl (C=O) groups excluding carboxylic acids is 1. The van der Waals surface area contributed by atoms with E-state index in [-0.39, 0.29) is 17.2 Å². The van der Waals surface area contributed by atoms with Gasteiger partial charge in [-0.2, -0.15) is 0 Å². The van der Waals surface area contributed by atoms with Gasteiger partial charge in [0, 0.05) is 12.1 Å². The molecule has 24 heavy (non-hydrogen) atoms. The largest absolute Gasteiger partial charge is 0.497 e. The molecule has 0 amide bonds. The van der Waals surface area contributed by atoms with Crippen molar-refractivity contribution in [2.75, 3.05) is 13.7 Å². The zero-order chi connectivity index (χ0) is 17.7. The van der Waals surface area contributed by atoms with Crippen LogP contribution in [-0.4, -0.2) is 32.7 Å². The van der Waals surface area contributed by atoms with Gasteiger partial charge in [0.1, 0.15) is 5.75 Å². The van der Waals surface area contributed by atoms with Crippen molar-refractivity contribution in [1.82, 2.24) is 4.72 Å². The van der Waals surface area contributed by atoms with Crippen LogP contribution >= 0.6 is 15.9 Å². The number of Topliss-reactive ketones (excluding diaryl/α,β-unsaturated/α-hetero) is 1. The summed E-state index contributed by atoms with van der Waals surface area (Å²) >= 11 is 3.24. The zero-order valence-corrected chi connectivity index (χ0v) is 15.7. The van der Waals surface area contributed by atoms with Crippen LogP contribution in [0.4, 0.5) is 0 Å². The number of carbonyl (C=O) groups is 1. The molecule has 0 radical (unpaired) electrons. The van der Waals surface area contributed by atoms with Gasteiger partial charge in [0.2, 0.25) is 10.0 Å². The average molecular weight is 412 g/mol. The van der Waals surface area contributed by atoms with Gasteiger partial charge in [-0.15, -0.1) is 0 Å². The van der Waals surface area contributed by atoms with Crippen molar-refractivity contribution in [3.63, 3.8) is 0 Å². The lowest BCUT2D eigenvalue weighted by Crippen LogP contribution is -2.33. The Morgan fingerprint density at radius 2 is 1.71 bits per heavy atom. The third-order valence-electron chi connectivity index (χ3n) is 3.44. The number of benzene rings is 2. The van der Waals surface area contributed by atoms with Gasteiger partial charge >= 0.3 is 0 Å². The molecule has 0 bridgehead atoms. The van der Waals surface area contributed by atoms with Crippen molar-refractivity contribution in [2.45, 2.75) is 16.6 Å². The molecule has 128 valence electrons. The molecule has 1 unspecified atom stereocenters. The number of ether oxygens (including phenoxy) is 1. The number of aryl methyl sites for hydroxylation is 1. The first kappa shape index (κ1) is 18.6. The number of hydrogen-bond acceptors (Lipinski definition) is 4. The summed E-state index contributed by atoms with van der Waals surface area (Å²) in [7, 11) is -2.11. The molecule has 0 aliphatic heterocycles. The maximum atomic E-state index is 12.3. The lowest BCUT2D eigenvalue weighted by atomic mass is 10.1. The fraction of sp³-hybridized carbons (Fsp3) is 0.235. The fourth-order valence-electron chi connectivity index (χ4n) is 2.01. The summed E-state index contributed by atoms with van der Waals surface area (Å²) in [6.45, 7) is 1.84. The van der Waals surface area contributed by atoms with Gasteiger partial charge in [0.15, 0.2) is 5.78 Å². The molecular weight excluding hydrogens is 394 g/mol. The molecule has 0 aliphatic rings. The highest BCUT2D eigenvalue weighted by Gasteiger charge is 2.21. The molecule has 1 atom stereocenters. The predicted molar refractivity (Wildman–Crippen MR) is 96.4 cm³/mol. The van der Waals surface area contributed by atoms with Gasteiger partial charge in [0.25, 0.3) is 0 Å². The Kier molecular flexibility index (Phi) is 6.15. The van der Waals surface area contributed by atoms with E-state index < -0.39 is 14.9 Å². The summed E-state index contributed by atoms with van der Waals surface area (Å²) in [6, 6.07) is 13.2. The van der Waals surface area contributed by atoms with Crippen LogP contribution in [0.2, 0.25) is 0 Å². The lowest BCUT2D eigenvalue weighted by molar-refractivity contribution is 0.0992. The molecule has 7 heteroatoms. The molecule has 0 spiro atoms. The Morgan fingerprint density at radius 1 is 1.12 bits per heavy atom. The first-order chi connectivity index (χ1) is 11.3. The number of nitrogens with one attached hydrogen (secondary N) is 1. The smallest absolute Gasteiger partial charge is 0.240 e. The highest BCUT2D eigenvalue weighted by atomic mass is 79.9. The first-order valence-electron chi connectivity index (χ1n) is 7.22. The fourth-order valence-corrected chi connectivity index (χ4v) is 3.70. The Balaban J connectivity index is 2.02. The number of rotatable bonds is 7. The summed E-state index contributed by atoms with van der Waals surface area (Å²) in [6.07, 6.45) is 0. The summed E-state index contributed by atoms with van der Waals surface area (Å²) in [5.41, 5.74) is 1.45. The summed E-state index contributed by atoms with van der Waals surface area (Å²) < 4.78 is 32.0. The van der Waals surface area contributed by atoms with Crippen molar-refractivity contribution in [3.8, 4) is 5.75 Å². The lowest BCUT2D eigenvalue weighted by Gasteiger charge is -2.11. The quantitative estimate of drug-likeness (QED) is 0.561. The second-order valence-electron chi connectivity index (χ2n) is 5.23. The molecule has 1 N–H and O–H groups in total. The Morgan fingerprint density at radius 3 is 2.25 bits per heavy atom. The van der Waals surface area contributed by atoms with Crippen LogP contribution in [0.15, 0.2) is 53.4 Å². The van der Waals surface area contributed by atoms with E-state index in [4.69, 9.17) is 4.74 Å². The minimum Gasteiger partial charge on any atom is -0.497 e. The molecule has 0 fully saturated rings. The Hall–Kier alpha value is -1.70. The monoisotopic (exact) mass is 411 g/mol. The molecule has 2 rings (SSSR count). The third-order valence-corrected chi connectivity index (χ3v) is 5.62. The highest BCUT2D eigenvalue weighted by Crippen LogP contribution is 2.16. The van der Waals surface area contributed by atoms with Crippen molar-refractivity contribution in [1.29, 1.82) is 0 Å². The normalized spacial score (nSPS) is 12.6. The van der Waals surface area contributed by atoms with E-state index in [2.05, 4.69) is 20.7 Å². The molecule has 0 heterocycles. The zero-order valence-electron chi connectivity index (χ0n) is 13.3. The molecule has 0 saturated heterocycles. The number of methoxy groups -OCH3 is 1. The van der Waals surface area contributed by atoms with Crippen LogP contribution in [0.3, 0.4) is 0 Å². The number of sulfonamides is 1. The Labute approximate surface area is 150 Å². The standard InChI is InChI=1S/C17H18BrNO4S/c1-12-3-9-15(10-4-12)24(21,22)19-11-16(18)17(20)13-5-7-14(23-2)8-6-13/h3-10,16,19H,11H2,1-2H3. The topological polar surface area (TPSA) is 72.5 Å². The molecule has 2 aromatic carbocycles. The minimum absolute atomic E-state index is 0.0406. The summed E-state index contributed by atoms with van der Waals surface area (Å²) in [5, 5.41) is 0. The maximum Gasteiger partial charge on any atom is 0.240 e. The van der Waals surface area contributed by atoms with Crippen molar-refractivity contribution >= 4 is 31.7 Å². The second-order valence-corrected chi connectivity index (χ2v) is 8.10. The summed E-state index contributed by atoms with van der Waals surface area (Å²) in [5.74, 6) is 0.446. The van der Waals surface area contributed by atoms with Gasteiger partial charge in [-0.3, -0.25) is 4.79 Å². The predicted octanol–water partition coefficient (Wildman–Crippen LogP) is 2.93. The van der Waals surface area contributed by atoms with Crippen LogP contribution in [-0.2, 0) is 10.0 Å². The van der Waals surface area contributed by atoms with Gasteiger partial charge in [0.05, 0.1) is 16.8 Å². The van der Waals surface area contributed by atoms with E-state index in [1.807, 2.05) is 6.92 Å². The summed E-state index contributed by atoms with van der Waals surface area (Å²) in [4.78, 5) is 11.8. The van der Waals surface area contributed by atoms with Crippen molar-refractivity contribution < 1.29 is 17.9 Å². The van der Waals surface area contributed by atoms with Gasteiger partial charge in [-0.25, -0.2) is 13.1 Å². The number of hydrogen-bond donors (Lipinski definition) is 1. The molecular formula is C17H18BrNO4S. The third kappa shape index (κ3) is 4.66. The van der Waals surface area contributed by atoms with Crippen LogP contribution in [0.5, 0.6) is 5.75 Å². The van der Waals surface area contributed by atoms with Gasteiger partial charge in [-0.05, 0) is 43.3 Å². The van der Waals surface area contributed by atoms with Gasteiger partial charge in [-0.1, -0.05) is 33.6 Å². The number of alkyl halides is 1. The van der Waals surface area contributed by atoms with E-state index >= 15 is 0 Å². The van der Waals surface area contributed by atoms with E-state index in [9.17, 15) is 13.2 Å². The van der Waals surface area contributed by atoms with Crippen LogP contribution in [0.25, 0.3) is 0 Å². The van der Waals surface area contributed by atoms with E-state index in [0.29, 0.717) is 11.3 Å². The highest BCUT2D eigenvalue weighted by molar-refractivity contribution is 9.10. The van der Waals surface area contributed by atoms with Crippen molar-refractivity contribution in [2.24, 2.45) is 0 Å². The van der Waals surface area contributed by atoms with Crippen LogP contribution in [0.1, 0.15) is 15.9 Å². The second kappa shape index (κ2) is 7.92. The molecule has 0 saturated carbocycles. The van der Waals surface area contributed by atoms with Gasteiger partial charge < -0.3 is 4.74 Å². The minimum atomic E-state index is -3.65. The SMILES string of the molecule is COc1ccc(C(=O)C(Br)CNS(=O)(=O)c2ccc(C)cc2)cc1. The maximum absolute atomic E-state index is 12.3. The molecule has 5 nitrogen and oxygen atoms in total. The first-order valence-corrected chi connectivity index (χ1v) is 9.62. The Bertz CT molecular complexity index is 801. The van der Waals surface area contributed by atoms with E-state index in [1.165, 1.54) is 12.1 Å². The van der Waals surface area contributed by atoms with E-state index in [1.54, 1.807) is 43.5 Å². The molecule has 2 aromatic rings. The number of ketones is 1. The van der Waals surface area contributed by atoms with Crippen molar-refractivity contribution in [3.05, 3.63) is 59.7 Å². The molecule has 0 aliphatic carbocycles. The van der Waals surface area contributed by atoms with Crippen LogP contribution in [0, 0.1) is 6.92 Å². The number of halogens is 1. The van der Waals surface area contributed by atoms with E-state index in [0.717, 1.165) is 5.56 Å². The average Bonchev–Trinajstić information content (AvgIpc) is 2.59. The van der Waals surface area contributed by atoms with Crippen LogP contribution < -0.4 is 9.46 Å². The molecule has 0 aromatic heterocycles.